The van der Waals surface area contributed by atoms with Crippen molar-refractivity contribution in [3.05, 3.63) is 45.3 Å². The first-order chi connectivity index (χ1) is 12.9. The van der Waals surface area contributed by atoms with Crippen molar-refractivity contribution in [2.45, 2.75) is 40.0 Å². The van der Waals surface area contributed by atoms with Gasteiger partial charge in [-0.3, -0.25) is 4.79 Å². The molecule has 27 heavy (non-hydrogen) atoms. The molecule has 0 saturated heterocycles. The maximum Gasteiger partial charge on any atom is 0.341 e. The van der Waals surface area contributed by atoms with Crippen molar-refractivity contribution in [3.63, 3.8) is 0 Å². The number of esters is 1. The van der Waals surface area contributed by atoms with E-state index in [-0.39, 0.29) is 12.5 Å². The number of carbonyl (C=O) groups is 2. The highest BCUT2D eigenvalue weighted by molar-refractivity contribution is 7.17. The number of rotatable bonds is 5. The summed E-state index contributed by atoms with van der Waals surface area (Å²) in [7, 11) is 1.37. The van der Waals surface area contributed by atoms with Crippen LogP contribution in [0.5, 0.6) is 5.75 Å². The van der Waals surface area contributed by atoms with Crippen molar-refractivity contribution in [1.29, 1.82) is 0 Å². The molecule has 1 amide bonds. The summed E-state index contributed by atoms with van der Waals surface area (Å²) < 4.78 is 10.6. The van der Waals surface area contributed by atoms with E-state index >= 15 is 0 Å². The maximum atomic E-state index is 12.4. The molecule has 0 spiro atoms. The second kappa shape index (κ2) is 8.13. The van der Waals surface area contributed by atoms with E-state index in [1.54, 1.807) is 0 Å². The molecule has 1 aromatic heterocycles. The van der Waals surface area contributed by atoms with Gasteiger partial charge in [0.15, 0.2) is 6.61 Å². The van der Waals surface area contributed by atoms with Crippen LogP contribution in [0.2, 0.25) is 0 Å². The van der Waals surface area contributed by atoms with Crippen LogP contribution in [-0.4, -0.2) is 25.6 Å². The van der Waals surface area contributed by atoms with Gasteiger partial charge in [-0.25, -0.2) is 4.79 Å². The first kappa shape index (κ1) is 19.4. The van der Waals surface area contributed by atoms with Gasteiger partial charge in [-0.05, 0) is 56.2 Å². The molecule has 0 unspecified atom stereocenters. The topological polar surface area (TPSA) is 64.6 Å². The second-order valence-electron chi connectivity index (χ2n) is 7.15. The molecule has 1 heterocycles. The van der Waals surface area contributed by atoms with Crippen molar-refractivity contribution in [3.8, 4) is 5.75 Å². The molecule has 6 heteroatoms. The Balaban J connectivity index is 1.74. The summed E-state index contributed by atoms with van der Waals surface area (Å²) >= 11 is 1.48. The molecule has 5 nitrogen and oxygen atoms in total. The number of thiophene rings is 1. The fourth-order valence-corrected chi connectivity index (χ4v) is 4.84. The standard InChI is InChI=1S/C21H25NO4S/c1-12-6-8-16(14(3)9-12)26-11-18(23)22-20-19(21(24)25-4)15-7-5-13(2)10-17(15)27-20/h6,8-9,13H,5,7,10-11H2,1-4H3,(H,22,23)/t13-/m1/s1. The number of benzene rings is 1. The largest absolute Gasteiger partial charge is 0.483 e. The molecule has 0 saturated carbocycles. The molecule has 0 fully saturated rings. The van der Waals surface area contributed by atoms with Gasteiger partial charge in [0.05, 0.1) is 12.7 Å². The summed E-state index contributed by atoms with van der Waals surface area (Å²) in [5, 5.41) is 3.42. The van der Waals surface area contributed by atoms with Gasteiger partial charge >= 0.3 is 5.97 Å². The Bertz CT molecular complexity index is 871. The SMILES string of the molecule is COC(=O)c1c(NC(=O)COc2ccc(C)cc2C)sc2c1CC[C@@H](C)C2. The Morgan fingerprint density at radius 2 is 2.07 bits per heavy atom. The summed E-state index contributed by atoms with van der Waals surface area (Å²) in [6.07, 6.45) is 2.81. The van der Waals surface area contributed by atoms with Crippen LogP contribution in [0.3, 0.4) is 0 Å². The fraction of sp³-hybridized carbons (Fsp3) is 0.429. The smallest absolute Gasteiger partial charge is 0.341 e. The Kier molecular flexibility index (Phi) is 5.85. The predicted molar refractivity (Wildman–Crippen MR) is 107 cm³/mol. The minimum absolute atomic E-state index is 0.108. The van der Waals surface area contributed by atoms with Crippen LogP contribution in [-0.2, 0) is 22.4 Å². The van der Waals surface area contributed by atoms with Gasteiger partial charge < -0.3 is 14.8 Å². The van der Waals surface area contributed by atoms with Crippen LogP contribution in [0.15, 0.2) is 18.2 Å². The summed E-state index contributed by atoms with van der Waals surface area (Å²) in [4.78, 5) is 25.9. The Hall–Kier alpha value is -2.34. The van der Waals surface area contributed by atoms with Crippen molar-refractivity contribution in [2.75, 3.05) is 19.0 Å². The predicted octanol–water partition coefficient (Wildman–Crippen LogP) is 4.29. The van der Waals surface area contributed by atoms with Gasteiger partial charge in [-0.2, -0.15) is 0 Å². The van der Waals surface area contributed by atoms with E-state index in [0.717, 1.165) is 36.0 Å². The van der Waals surface area contributed by atoms with E-state index in [4.69, 9.17) is 9.47 Å². The fourth-order valence-electron chi connectivity index (χ4n) is 3.42. The summed E-state index contributed by atoms with van der Waals surface area (Å²) in [5.74, 6) is 0.584. The van der Waals surface area contributed by atoms with Crippen molar-refractivity contribution >= 4 is 28.2 Å². The zero-order chi connectivity index (χ0) is 19.6. The lowest BCUT2D eigenvalue weighted by Gasteiger charge is -2.18. The molecule has 144 valence electrons. The number of hydrogen-bond acceptors (Lipinski definition) is 5. The number of ether oxygens (including phenoxy) is 2. The first-order valence-corrected chi connectivity index (χ1v) is 9.93. The summed E-state index contributed by atoms with van der Waals surface area (Å²) in [6.45, 7) is 6.06. The van der Waals surface area contributed by atoms with Crippen molar-refractivity contribution in [2.24, 2.45) is 5.92 Å². The third-order valence-electron chi connectivity index (χ3n) is 4.84. The van der Waals surface area contributed by atoms with E-state index in [2.05, 4.69) is 12.2 Å². The molecular weight excluding hydrogens is 362 g/mol. The molecule has 1 N–H and O–H groups in total. The van der Waals surface area contributed by atoms with Gasteiger partial charge in [-0.15, -0.1) is 11.3 Å². The monoisotopic (exact) mass is 387 g/mol. The average Bonchev–Trinajstić information content (AvgIpc) is 2.97. The molecule has 0 radical (unpaired) electrons. The lowest BCUT2D eigenvalue weighted by atomic mass is 9.88. The highest BCUT2D eigenvalue weighted by atomic mass is 32.1. The number of methoxy groups -OCH3 is 1. The molecule has 3 rings (SSSR count). The Labute approximate surface area is 163 Å². The first-order valence-electron chi connectivity index (χ1n) is 9.11. The lowest BCUT2D eigenvalue weighted by molar-refractivity contribution is -0.118. The zero-order valence-electron chi connectivity index (χ0n) is 16.2. The van der Waals surface area contributed by atoms with Crippen LogP contribution >= 0.6 is 11.3 Å². The molecule has 1 aliphatic rings. The van der Waals surface area contributed by atoms with Gasteiger partial charge in [0, 0.05) is 4.88 Å². The number of aryl methyl sites for hydroxylation is 2. The van der Waals surface area contributed by atoms with Crippen molar-refractivity contribution in [1.82, 2.24) is 0 Å². The van der Waals surface area contributed by atoms with Crippen LogP contribution in [0.25, 0.3) is 0 Å². The van der Waals surface area contributed by atoms with Gasteiger partial charge in [0.25, 0.3) is 5.91 Å². The van der Waals surface area contributed by atoms with Gasteiger partial charge in [0.1, 0.15) is 10.8 Å². The number of carbonyl (C=O) groups excluding carboxylic acids is 2. The van der Waals surface area contributed by atoms with Crippen molar-refractivity contribution < 1.29 is 19.1 Å². The van der Waals surface area contributed by atoms with Crippen LogP contribution in [0, 0.1) is 19.8 Å². The summed E-state index contributed by atoms with van der Waals surface area (Å²) in [6, 6.07) is 5.82. The molecule has 1 atom stereocenters. The second-order valence-corrected chi connectivity index (χ2v) is 8.26. The highest BCUT2D eigenvalue weighted by Crippen LogP contribution is 2.40. The number of hydrogen-bond donors (Lipinski definition) is 1. The minimum Gasteiger partial charge on any atom is -0.483 e. The van der Waals surface area contributed by atoms with E-state index in [1.165, 1.54) is 23.3 Å². The lowest BCUT2D eigenvalue weighted by Crippen LogP contribution is -2.21. The maximum absolute atomic E-state index is 12.4. The summed E-state index contributed by atoms with van der Waals surface area (Å²) in [5.41, 5.74) is 3.66. The van der Waals surface area contributed by atoms with E-state index < -0.39 is 5.97 Å². The van der Waals surface area contributed by atoms with Crippen LogP contribution < -0.4 is 10.1 Å². The van der Waals surface area contributed by atoms with Crippen LogP contribution in [0.1, 0.15) is 45.3 Å². The quantitative estimate of drug-likeness (QED) is 0.777. The molecule has 1 aliphatic carbocycles. The zero-order valence-corrected chi connectivity index (χ0v) is 17.0. The average molecular weight is 388 g/mol. The molecular formula is C21H25NO4S. The number of amides is 1. The third kappa shape index (κ3) is 4.33. The van der Waals surface area contributed by atoms with Gasteiger partial charge in [0.2, 0.25) is 0 Å². The Morgan fingerprint density at radius 1 is 1.30 bits per heavy atom. The number of anilines is 1. The minimum atomic E-state index is -0.396. The normalized spacial score (nSPS) is 15.8. The number of nitrogens with one attached hydrogen (secondary N) is 1. The molecule has 0 aliphatic heterocycles. The van der Waals surface area contributed by atoms with E-state index in [1.807, 2.05) is 32.0 Å². The van der Waals surface area contributed by atoms with Gasteiger partial charge in [-0.1, -0.05) is 24.6 Å². The highest BCUT2D eigenvalue weighted by Gasteiger charge is 2.28. The molecule has 1 aromatic carbocycles. The number of fused-ring (bicyclic) bond motifs is 1. The van der Waals surface area contributed by atoms with Crippen LogP contribution in [0.4, 0.5) is 5.00 Å². The Morgan fingerprint density at radius 3 is 2.78 bits per heavy atom. The third-order valence-corrected chi connectivity index (χ3v) is 6.01. The molecule has 0 bridgehead atoms. The molecule has 2 aromatic rings. The van der Waals surface area contributed by atoms with E-state index in [0.29, 0.717) is 22.2 Å². The van der Waals surface area contributed by atoms with E-state index in [9.17, 15) is 9.59 Å².